The van der Waals surface area contributed by atoms with E-state index in [1.54, 1.807) is 12.1 Å². The highest BCUT2D eigenvalue weighted by Crippen LogP contribution is 2.34. The molecular weight excluding hydrogens is 417 g/mol. The van der Waals surface area contributed by atoms with Crippen LogP contribution in [0.25, 0.3) is 5.57 Å². The minimum atomic E-state index is -0.316. The Labute approximate surface area is 192 Å². The van der Waals surface area contributed by atoms with Gasteiger partial charge in [-0.15, -0.1) is 0 Å². The number of ketones is 1. The largest absolute Gasteiger partial charge is 0.349 e. The molecule has 5 nitrogen and oxygen atoms in total. The Bertz CT molecular complexity index is 1210. The monoisotopic (exact) mass is 443 g/mol. The quantitative estimate of drug-likeness (QED) is 0.597. The lowest BCUT2D eigenvalue weighted by Gasteiger charge is -2.24. The Kier molecular flexibility index (Phi) is 5.90. The van der Waals surface area contributed by atoms with Crippen LogP contribution in [0.1, 0.15) is 60.5 Å². The van der Waals surface area contributed by atoms with E-state index >= 15 is 0 Å². The van der Waals surface area contributed by atoms with E-state index in [9.17, 15) is 14.0 Å². The second-order valence-corrected chi connectivity index (χ2v) is 8.77. The van der Waals surface area contributed by atoms with E-state index in [4.69, 9.17) is 0 Å². The van der Waals surface area contributed by atoms with Gasteiger partial charge in [0.05, 0.1) is 25.2 Å². The normalized spacial score (nSPS) is 17.8. The molecule has 1 amide bonds. The van der Waals surface area contributed by atoms with Gasteiger partial charge in [0.15, 0.2) is 5.78 Å². The molecule has 0 fully saturated rings. The van der Waals surface area contributed by atoms with Crippen LogP contribution in [-0.4, -0.2) is 21.5 Å². The number of Topliss-reactive ketones (excluding diaryl/α,β-unsaturated/α-hetero) is 1. The molecule has 0 aliphatic heterocycles. The van der Waals surface area contributed by atoms with Crippen molar-refractivity contribution in [2.45, 2.75) is 51.1 Å². The average Bonchev–Trinajstić information content (AvgIpc) is 3.39. The molecule has 0 radical (unpaired) electrons. The van der Waals surface area contributed by atoms with Gasteiger partial charge in [0.1, 0.15) is 5.82 Å². The van der Waals surface area contributed by atoms with Crippen molar-refractivity contribution in [3.63, 3.8) is 0 Å². The number of carbonyl (C=O) groups is 2. The highest BCUT2D eigenvalue weighted by atomic mass is 19.1. The highest BCUT2D eigenvalue weighted by Gasteiger charge is 2.29. The third-order valence-corrected chi connectivity index (χ3v) is 6.61. The number of benzene rings is 2. The van der Waals surface area contributed by atoms with E-state index in [0.29, 0.717) is 25.0 Å². The minimum Gasteiger partial charge on any atom is -0.349 e. The third kappa shape index (κ3) is 4.51. The lowest BCUT2D eigenvalue weighted by atomic mass is 9.92. The molecule has 6 heteroatoms. The number of hydrogen-bond acceptors (Lipinski definition) is 3. The molecule has 0 saturated carbocycles. The molecule has 3 aromatic rings. The van der Waals surface area contributed by atoms with Crippen molar-refractivity contribution in [1.82, 2.24) is 15.1 Å². The maximum Gasteiger partial charge on any atom is 0.225 e. The first-order valence-electron chi connectivity index (χ1n) is 11.5. The van der Waals surface area contributed by atoms with Crippen molar-refractivity contribution in [2.75, 3.05) is 0 Å². The van der Waals surface area contributed by atoms with Gasteiger partial charge in [-0.3, -0.25) is 14.3 Å². The third-order valence-electron chi connectivity index (χ3n) is 6.61. The number of fused-ring (bicyclic) bond motifs is 1. The molecule has 2 aliphatic rings. The van der Waals surface area contributed by atoms with Crippen LogP contribution in [0.4, 0.5) is 4.39 Å². The van der Waals surface area contributed by atoms with Gasteiger partial charge in [-0.25, -0.2) is 4.39 Å². The summed E-state index contributed by atoms with van der Waals surface area (Å²) in [6.45, 7) is 0.708. The zero-order valence-corrected chi connectivity index (χ0v) is 18.4. The Hall–Kier alpha value is -3.54. The molecule has 33 heavy (non-hydrogen) atoms. The molecule has 2 aromatic carbocycles. The average molecular weight is 444 g/mol. The first-order valence-corrected chi connectivity index (χ1v) is 11.5. The van der Waals surface area contributed by atoms with Crippen molar-refractivity contribution in [3.05, 3.63) is 94.6 Å². The molecule has 1 heterocycles. The van der Waals surface area contributed by atoms with Crippen molar-refractivity contribution in [2.24, 2.45) is 0 Å². The topological polar surface area (TPSA) is 64.0 Å². The summed E-state index contributed by atoms with van der Waals surface area (Å²) < 4.78 is 15.3. The molecule has 2 aliphatic carbocycles. The predicted octanol–water partition coefficient (Wildman–Crippen LogP) is 4.77. The van der Waals surface area contributed by atoms with Gasteiger partial charge in [-0.1, -0.05) is 42.5 Å². The van der Waals surface area contributed by atoms with Gasteiger partial charge >= 0.3 is 0 Å². The molecule has 0 bridgehead atoms. The number of allylic oxidation sites excluding steroid dienone is 1. The number of hydrogen-bond donors (Lipinski definition) is 1. The second kappa shape index (κ2) is 9.14. The van der Waals surface area contributed by atoms with Gasteiger partial charge in [0.25, 0.3) is 0 Å². The summed E-state index contributed by atoms with van der Waals surface area (Å²) in [5, 5.41) is 7.74. The fourth-order valence-electron chi connectivity index (χ4n) is 4.95. The maximum atomic E-state index is 13.3. The van der Waals surface area contributed by atoms with Crippen LogP contribution in [0, 0.1) is 5.82 Å². The maximum absolute atomic E-state index is 13.3. The van der Waals surface area contributed by atoms with Gasteiger partial charge in [0, 0.05) is 23.3 Å². The summed E-state index contributed by atoms with van der Waals surface area (Å²) in [6.07, 6.45) is 5.67. The molecular formula is C27H26FN3O2. The van der Waals surface area contributed by atoms with Crippen LogP contribution in [0.3, 0.4) is 0 Å². The molecule has 0 spiro atoms. The lowest BCUT2D eigenvalue weighted by Crippen LogP contribution is -2.31. The Balaban J connectivity index is 1.31. The number of rotatable bonds is 6. The smallest absolute Gasteiger partial charge is 0.225 e. The lowest BCUT2D eigenvalue weighted by molar-refractivity contribution is -0.123. The number of nitrogens with one attached hydrogen (secondary N) is 1. The highest BCUT2D eigenvalue weighted by molar-refractivity contribution is 6.10. The van der Waals surface area contributed by atoms with Gasteiger partial charge in [0.2, 0.25) is 5.91 Å². The fraction of sp³-hybridized carbons (Fsp3) is 0.296. The summed E-state index contributed by atoms with van der Waals surface area (Å²) >= 11 is 0. The Morgan fingerprint density at radius 1 is 1.06 bits per heavy atom. The van der Waals surface area contributed by atoms with Gasteiger partial charge in [-0.2, -0.15) is 5.10 Å². The zero-order chi connectivity index (χ0) is 22.8. The van der Waals surface area contributed by atoms with Crippen molar-refractivity contribution in [3.8, 4) is 0 Å². The van der Waals surface area contributed by atoms with Crippen LogP contribution in [0.15, 0.2) is 66.4 Å². The number of halogens is 1. The summed E-state index contributed by atoms with van der Waals surface area (Å²) in [5.74, 6) is -0.470. The fourth-order valence-corrected chi connectivity index (χ4v) is 4.95. The first kappa shape index (κ1) is 21.3. The molecule has 1 N–H and O–H groups in total. The van der Waals surface area contributed by atoms with E-state index in [0.717, 1.165) is 36.0 Å². The van der Waals surface area contributed by atoms with Gasteiger partial charge in [-0.05, 0) is 54.5 Å². The minimum absolute atomic E-state index is 0.00416. The molecule has 168 valence electrons. The first-order chi connectivity index (χ1) is 16.1. The van der Waals surface area contributed by atoms with Crippen LogP contribution in [0.2, 0.25) is 0 Å². The Morgan fingerprint density at radius 3 is 2.64 bits per heavy atom. The summed E-state index contributed by atoms with van der Waals surface area (Å²) in [7, 11) is 0. The van der Waals surface area contributed by atoms with E-state index in [1.807, 2.05) is 29.1 Å². The summed E-state index contributed by atoms with van der Waals surface area (Å²) in [6, 6.07) is 16.2. The summed E-state index contributed by atoms with van der Waals surface area (Å²) in [4.78, 5) is 25.5. The second-order valence-electron chi connectivity index (χ2n) is 8.77. The molecule has 5 rings (SSSR count). The molecule has 1 atom stereocenters. The number of amides is 1. The van der Waals surface area contributed by atoms with Crippen LogP contribution in [-0.2, 0) is 22.6 Å². The van der Waals surface area contributed by atoms with E-state index in [-0.39, 0.29) is 30.0 Å². The zero-order valence-electron chi connectivity index (χ0n) is 18.4. The number of nitrogens with zero attached hydrogens (tertiary/aromatic N) is 2. The Morgan fingerprint density at radius 2 is 1.85 bits per heavy atom. The SMILES string of the molecule is O=C(CC1=C(c2ccc(F)cc2)CCC1=O)NC1CCCc2c1cnn2Cc1ccccc1. The molecule has 0 saturated heterocycles. The van der Waals surface area contributed by atoms with E-state index in [1.165, 1.54) is 23.4 Å². The van der Waals surface area contributed by atoms with Gasteiger partial charge < -0.3 is 5.32 Å². The van der Waals surface area contributed by atoms with Crippen LogP contribution >= 0.6 is 0 Å². The van der Waals surface area contributed by atoms with Crippen molar-refractivity contribution >= 4 is 17.3 Å². The number of carbonyl (C=O) groups excluding carboxylic acids is 2. The van der Waals surface area contributed by atoms with Crippen molar-refractivity contribution in [1.29, 1.82) is 0 Å². The molecule has 1 unspecified atom stereocenters. The molecule has 1 aromatic heterocycles. The summed E-state index contributed by atoms with van der Waals surface area (Å²) in [5.41, 5.74) is 5.64. The van der Waals surface area contributed by atoms with Crippen LogP contribution in [0.5, 0.6) is 0 Å². The predicted molar refractivity (Wildman–Crippen MR) is 124 cm³/mol. The van der Waals surface area contributed by atoms with Crippen molar-refractivity contribution < 1.29 is 14.0 Å². The van der Waals surface area contributed by atoms with Crippen LogP contribution < -0.4 is 5.32 Å². The van der Waals surface area contributed by atoms with E-state index < -0.39 is 0 Å². The van der Waals surface area contributed by atoms with E-state index in [2.05, 4.69) is 22.5 Å². The standard InChI is InChI=1S/C27H26FN3O2/c28-20-11-9-19(10-12-20)21-13-14-26(32)22(21)15-27(33)30-24-7-4-8-25-23(24)16-29-31(25)17-18-5-2-1-3-6-18/h1-3,5-6,9-12,16,24H,4,7-8,13-15,17H2,(H,30,33). The number of aromatic nitrogens is 2.